The summed E-state index contributed by atoms with van der Waals surface area (Å²) in [5.41, 5.74) is 2.52. The summed E-state index contributed by atoms with van der Waals surface area (Å²) in [6, 6.07) is 8.46. The van der Waals surface area contributed by atoms with Crippen LogP contribution in [0, 0.1) is 17.8 Å². The van der Waals surface area contributed by atoms with E-state index in [4.69, 9.17) is 0 Å². The molecule has 3 fully saturated rings. The van der Waals surface area contributed by atoms with E-state index in [0.717, 1.165) is 37.6 Å². The molecule has 2 aliphatic carbocycles. The number of anilines is 1. The minimum absolute atomic E-state index is 0.270. The lowest BCUT2D eigenvalue weighted by Crippen LogP contribution is -2.44. The Morgan fingerprint density at radius 2 is 1.78 bits per heavy atom. The highest BCUT2D eigenvalue weighted by molar-refractivity contribution is 8.21. The number of hydrogen-bond acceptors (Lipinski definition) is 3. The number of carbonyl (C=O) groups excluding carboxylic acids is 1. The van der Waals surface area contributed by atoms with Crippen LogP contribution in [-0.2, 0) is 11.2 Å². The Bertz CT molecular complexity index is 624. The van der Waals surface area contributed by atoms with Gasteiger partial charge in [-0.3, -0.25) is 4.79 Å². The Balaban J connectivity index is 1.37. The Morgan fingerprint density at radius 3 is 2.52 bits per heavy atom. The molecular formula is C19H23NOS2. The van der Waals surface area contributed by atoms with Gasteiger partial charge in [-0.05, 0) is 55.6 Å². The van der Waals surface area contributed by atoms with Gasteiger partial charge in [-0.1, -0.05) is 18.2 Å². The maximum Gasteiger partial charge on any atom is 0.230 e. The number of thioether (sulfide) groups is 2. The standard InChI is InChI=1S/C19H23NOS2/c21-18(20-8-7-13-3-1-2-4-17(13)20)14-11-15-5-6-16(12-14)19(15)22-9-10-23-19/h1-4,14-16H,5-12H2. The van der Waals surface area contributed by atoms with Gasteiger partial charge in [0.15, 0.2) is 0 Å². The highest BCUT2D eigenvalue weighted by atomic mass is 32.2. The lowest BCUT2D eigenvalue weighted by molar-refractivity contribution is -0.123. The SMILES string of the molecule is O=C(C1CC2CCC(C1)C21SCCS1)N1CCc2ccccc21. The summed E-state index contributed by atoms with van der Waals surface area (Å²) in [5.74, 6) is 4.85. The smallest absolute Gasteiger partial charge is 0.230 e. The molecule has 2 aliphatic heterocycles. The van der Waals surface area contributed by atoms with E-state index in [1.165, 1.54) is 35.6 Å². The van der Waals surface area contributed by atoms with Crippen molar-refractivity contribution >= 4 is 35.1 Å². The summed E-state index contributed by atoms with van der Waals surface area (Å²) in [5, 5.41) is 0. The van der Waals surface area contributed by atoms with Crippen molar-refractivity contribution in [3.05, 3.63) is 29.8 Å². The first-order valence-corrected chi connectivity index (χ1v) is 10.9. The zero-order valence-electron chi connectivity index (χ0n) is 13.4. The Hall–Kier alpha value is -0.610. The van der Waals surface area contributed by atoms with Crippen molar-refractivity contribution in [3.8, 4) is 0 Å². The van der Waals surface area contributed by atoms with Crippen molar-refractivity contribution < 1.29 is 4.79 Å². The number of para-hydroxylation sites is 1. The minimum Gasteiger partial charge on any atom is -0.312 e. The summed E-state index contributed by atoms with van der Waals surface area (Å²) in [6.07, 6.45) is 6.00. The monoisotopic (exact) mass is 345 g/mol. The van der Waals surface area contributed by atoms with Gasteiger partial charge in [-0.2, -0.15) is 0 Å². The summed E-state index contributed by atoms with van der Waals surface area (Å²) in [4.78, 5) is 15.3. The summed E-state index contributed by atoms with van der Waals surface area (Å²) < 4.78 is 0.486. The van der Waals surface area contributed by atoms with Crippen molar-refractivity contribution in [1.29, 1.82) is 0 Å². The van der Waals surface area contributed by atoms with E-state index < -0.39 is 0 Å². The van der Waals surface area contributed by atoms with Gasteiger partial charge in [-0.25, -0.2) is 0 Å². The molecule has 0 N–H and O–H groups in total. The van der Waals surface area contributed by atoms with Crippen LogP contribution in [0.1, 0.15) is 31.2 Å². The van der Waals surface area contributed by atoms with Crippen LogP contribution in [0.25, 0.3) is 0 Å². The van der Waals surface area contributed by atoms with Crippen molar-refractivity contribution in [3.63, 3.8) is 0 Å². The second kappa shape index (κ2) is 5.45. The fraction of sp³-hybridized carbons (Fsp3) is 0.632. The Morgan fingerprint density at radius 1 is 1.09 bits per heavy atom. The molecule has 23 heavy (non-hydrogen) atoms. The highest BCUT2D eigenvalue weighted by Crippen LogP contribution is 2.66. The molecule has 1 aromatic carbocycles. The molecule has 122 valence electrons. The molecule has 0 aromatic heterocycles. The van der Waals surface area contributed by atoms with E-state index >= 15 is 0 Å². The largest absolute Gasteiger partial charge is 0.312 e. The number of benzene rings is 1. The van der Waals surface area contributed by atoms with Gasteiger partial charge in [0.25, 0.3) is 0 Å². The van der Waals surface area contributed by atoms with Crippen molar-refractivity contribution in [2.75, 3.05) is 23.0 Å². The molecule has 2 atom stereocenters. The fourth-order valence-corrected chi connectivity index (χ4v) is 9.33. The molecule has 2 bridgehead atoms. The predicted molar refractivity (Wildman–Crippen MR) is 99.1 cm³/mol. The molecule has 4 aliphatic rings. The minimum atomic E-state index is 0.270. The molecular weight excluding hydrogens is 322 g/mol. The quantitative estimate of drug-likeness (QED) is 0.761. The molecule has 1 aromatic rings. The van der Waals surface area contributed by atoms with Crippen LogP contribution in [0.5, 0.6) is 0 Å². The van der Waals surface area contributed by atoms with Crippen molar-refractivity contribution in [1.82, 2.24) is 0 Å². The number of hydrogen-bond donors (Lipinski definition) is 0. The topological polar surface area (TPSA) is 20.3 Å². The first-order valence-electron chi connectivity index (χ1n) is 8.95. The van der Waals surface area contributed by atoms with Crippen LogP contribution in [-0.4, -0.2) is 28.0 Å². The third kappa shape index (κ3) is 2.13. The predicted octanol–water partition coefficient (Wildman–Crippen LogP) is 4.19. The van der Waals surface area contributed by atoms with Crippen LogP contribution < -0.4 is 4.90 Å². The number of amides is 1. The second-order valence-corrected chi connectivity index (χ2v) is 10.4. The van der Waals surface area contributed by atoms with Crippen LogP contribution in [0.15, 0.2) is 24.3 Å². The molecule has 2 unspecified atom stereocenters. The fourth-order valence-electron chi connectivity index (χ4n) is 5.39. The Kier molecular flexibility index (Phi) is 3.49. The molecule has 2 saturated carbocycles. The van der Waals surface area contributed by atoms with Gasteiger partial charge >= 0.3 is 0 Å². The van der Waals surface area contributed by atoms with Gasteiger partial charge in [0.05, 0.1) is 4.08 Å². The van der Waals surface area contributed by atoms with Crippen molar-refractivity contribution in [2.45, 2.75) is 36.2 Å². The van der Waals surface area contributed by atoms with E-state index in [1.54, 1.807) is 0 Å². The van der Waals surface area contributed by atoms with Crippen LogP contribution >= 0.6 is 23.5 Å². The number of nitrogens with zero attached hydrogens (tertiary/aromatic N) is 1. The zero-order chi connectivity index (χ0) is 15.4. The summed E-state index contributed by atoms with van der Waals surface area (Å²) in [7, 11) is 0. The van der Waals surface area contributed by atoms with E-state index in [-0.39, 0.29) is 5.92 Å². The molecule has 1 amide bonds. The third-order valence-corrected chi connectivity index (χ3v) is 10.4. The molecule has 4 heteroatoms. The lowest BCUT2D eigenvalue weighted by Gasteiger charge is -2.43. The van der Waals surface area contributed by atoms with E-state index in [1.807, 2.05) is 0 Å². The van der Waals surface area contributed by atoms with Gasteiger partial charge in [-0.15, -0.1) is 23.5 Å². The zero-order valence-corrected chi connectivity index (χ0v) is 15.0. The van der Waals surface area contributed by atoms with E-state index in [0.29, 0.717) is 9.99 Å². The summed E-state index contributed by atoms with van der Waals surface area (Å²) in [6.45, 7) is 0.888. The average Bonchev–Trinajstić information content (AvgIpc) is 3.26. The van der Waals surface area contributed by atoms with Crippen LogP contribution in [0.2, 0.25) is 0 Å². The van der Waals surface area contributed by atoms with Gasteiger partial charge < -0.3 is 4.90 Å². The van der Waals surface area contributed by atoms with E-state index in [9.17, 15) is 4.79 Å². The summed E-state index contributed by atoms with van der Waals surface area (Å²) >= 11 is 4.43. The first kappa shape index (κ1) is 14.7. The molecule has 2 nitrogen and oxygen atoms in total. The van der Waals surface area contributed by atoms with Gasteiger partial charge in [0, 0.05) is 29.7 Å². The normalized spacial score (nSPS) is 34.1. The van der Waals surface area contributed by atoms with Gasteiger partial charge in [0.1, 0.15) is 0 Å². The number of rotatable bonds is 1. The Labute approximate surface area is 146 Å². The van der Waals surface area contributed by atoms with Gasteiger partial charge in [0.2, 0.25) is 5.91 Å². The average molecular weight is 346 g/mol. The van der Waals surface area contributed by atoms with Crippen LogP contribution in [0.3, 0.4) is 0 Å². The lowest BCUT2D eigenvalue weighted by atomic mass is 9.79. The third-order valence-electron chi connectivity index (χ3n) is 6.38. The molecule has 0 radical (unpaired) electrons. The maximum absolute atomic E-state index is 13.2. The molecule has 1 saturated heterocycles. The second-order valence-electron chi connectivity index (χ2n) is 7.43. The molecule has 1 spiro atoms. The number of fused-ring (bicyclic) bond motifs is 1. The number of carbonyl (C=O) groups is 1. The van der Waals surface area contributed by atoms with Crippen molar-refractivity contribution in [2.24, 2.45) is 17.8 Å². The van der Waals surface area contributed by atoms with Crippen LogP contribution in [0.4, 0.5) is 5.69 Å². The van der Waals surface area contributed by atoms with E-state index in [2.05, 4.69) is 52.7 Å². The molecule has 5 rings (SSSR count). The first-order chi connectivity index (χ1) is 11.3. The maximum atomic E-state index is 13.2. The highest BCUT2D eigenvalue weighted by Gasteiger charge is 2.57. The molecule has 2 heterocycles.